The number of H-pyrrole nitrogens is 1. The summed E-state index contributed by atoms with van der Waals surface area (Å²) in [6, 6.07) is 13.2. The average Bonchev–Trinajstić information content (AvgIpc) is 3.48. The maximum atomic E-state index is 13.5. The van der Waals surface area contributed by atoms with Crippen LogP contribution in [0.4, 0.5) is 0 Å². The highest BCUT2D eigenvalue weighted by molar-refractivity contribution is 6.01. The first-order valence-electron chi connectivity index (χ1n) is 12.9. The van der Waals surface area contributed by atoms with Crippen molar-refractivity contribution < 1.29 is 19.1 Å². The molecule has 0 atom stereocenters. The standard InChI is InChI=1S/C28H28N6O4/c1-3-17-5-7-21-19(13-17)25(37-4-2)15-22(29-21)27(36)34-11-9-28(10-12-34)16-23(35)20-14-18(6-8-24(20)38-28)26-30-32-33-31-26/h5-8,13-15H,3-4,9-12,16H2,1-2H3,(H,30,31,32,33). The number of aromatic nitrogens is 5. The normalized spacial score (nSPS) is 16.4. The number of tetrazole rings is 1. The quantitative estimate of drug-likeness (QED) is 0.425. The molecule has 6 rings (SSSR count). The number of rotatable bonds is 5. The van der Waals surface area contributed by atoms with Crippen molar-refractivity contribution in [2.24, 2.45) is 0 Å². The third-order valence-electron chi connectivity index (χ3n) is 7.42. The summed E-state index contributed by atoms with van der Waals surface area (Å²) < 4.78 is 12.3. The molecule has 0 bridgehead atoms. The van der Waals surface area contributed by atoms with E-state index in [4.69, 9.17) is 9.47 Å². The van der Waals surface area contributed by atoms with Gasteiger partial charge in [-0.1, -0.05) is 13.0 Å². The zero-order chi connectivity index (χ0) is 26.3. The largest absolute Gasteiger partial charge is 0.493 e. The van der Waals surface area contributed by atoms with Crippen LogP contribution in [-0.2, 0) is 6.42 Å². The first kappa shape index (κ1) is 24.0. The van der Waals surface area contributed by atoms with Gasteiger partial charge in [0.25, 0.3) is 5.91 Å². The average molecular weight is 513 g/mol. The predicted octanol–water partition coefficient (Wildman–Crippen LogP) is 4.02. The van der Waals surface area contributed by atoms with Gasteiger partial charge in [0.15, 0.2) is 5.78 Å². The Bertz CT molecular complexity index is 1530. The third-order valence-corrected chi connectivity index (χ3v) is 7.42. The van der Waals surface area contributed by atoms with Crippen molar-refractivity contribution in [3.63, 3.8) is 0 Å². The number of fused-ring (bicyclic) bond motifs is 2. The van der Waals surface area contributed by atoms with Crippen LogP contribution in [0.5, 0.6) is 11.5 Å². The number of ether oxygens (including phenoxy) is 2. The summed E-state index contributed by atoms with van der Waals surface area (Å²) in [7, 11) is 0. The van der Waals surface area contributed by atoms with Crippen LogP contribution in [0.3, 0.4) is 0 Å². The Labute approximate surface area is 219 Å². The molecule has 0 saturated carbocycles. The van der Waals surface area contributed by atoms with Gasteiger partial charge in [0.05, 0.1) is 24.1 Å². The van der Waals surface area contributed by atoms with E-state index >= 15 is 0 Å². The van der Waals surface area contributed by atoms with Crippen LogP contribution >= 0.6 is 0 Å². The number of amides is 1. The van der Waals surface area contributed by atoms with Crippen molar-refractivity contribution in [2.75, 3.05) is 19.7 Å². The third kappa shape index (κ3) is 4.25. The van der Waals surface area contributed by atoms with E-state index in [9.17, 15) is 9.59 Å². The number of Topliss-reactive ketones (excluding diaryl/α,β-unsaturated/α-hetero) is 1. The van der Waals surface area contributed by atoms with Gasteiger partial charge in [0, 0.05) is 42.9 Å². The molecule has 1 spiro atoms. The monoisotopic (exact) mass is 512 g/mol. The summed E-state index contributed by atoms with van der Waals surface area (Å²) in [5, 5.41) is 14.9. The number of nitrogens with zero attached hydrogens (tertiary/aromatic N) is 5. The first-order chi connectivity index (χ1) is 18.5. The van der Waals surface area contributed by atoms with Crippen LogP contribution in [0, 0.1) is 0 Å². The van der Waals surface area contributed by atoms with E-state index in [1.165, 1.54) is 5.56 Å². The lowest BCUT2D eigenvalue weighted by molar-refractivity contribution is -0.00584. The fourth-order valence-electron chi connectivity index (χ4n) is 5.32. The van der Waals surface area contributed by atoms with E-state index in [1.54, 1.807) is 23.1 Å². The minimum Gasteiger partial charge on any atom is -0.493 e. The minimum atomic E-state index is -0.627. The molecule has 1 fully saturated rings. The van der Waals surface area contributed by atoms with E-state index in [1.807, 2.05) is 25.1 Å². The second-order valence-electron chi connectivity index (χ2n) is 9.77. The van der Waals surface area contributed by atoms with Crippen molar-refractivity contribution in [1.82, 2.24) is 30.5 Å². The first-order valence-corrected chi connectivity index (χ1v) is 12.9. The molecule has 2 aromatic carbocycles. The molecular weight excluding hydrogens is 484 g/mol. The summed E-state index contributed by atoms with van der Waals surface area (Å²) in [5.74, 6) is 1.52. The minimum absolute atomic E-state index is 0.0142. The molecule has 4 aromatic rings. The summed E-state index contributed by atoms with van der Waals surface area (Å²) in [6.07, 6.45) is 2.29. The molecular formula is C28H28N6O4. The number of aromatic amines is 1. The molecule has 2 aliphatic heterocycles. The second-order valence-corrected chi connectivity index (χ2v) is 9.77. The molecule has 1 amide bonds. The molecule has 1 saturated heterocycles. The molecule has 38 heavy (non-hydrogen) atoms. The number of carbonyl (C=O) groups is 2. The molecule has 2 aromatic heterocycles. The lowest BCUT2D eigenvalue weighted by Gasteiger charge is -2.43. The highest BCUT2D eigenvalue weighted by Gasteiger charge is 2.44. The van der Waals surface area contributed by atoms with E-state index < -0.39 is 5.60 Å². The topological polar surface area (TPSA) is 123 Å². The highest BCUT2D eigenvalue weighted by atomic mass is 16.5. The zero-order valence-electron chi connectivity index (χ0n) is 21.4. The predicted molar refractivity (Wildman–Crippen MR) is 139 cm³/mol. The van der Waals surface area contributed by atoms with Crippen LogP contribution in [0.1, 0.15) is 59.5 Å². The maximum Gasteiger partial charge on any atom is 0.272 e. The van der Waals surface area contributed by atoms with Gasteiger partial charge in [0.2, 0.25) is 5.82 Å². The number of aryl methyl sites for hydroxylation is 1. The van der Waals surface area contributed by atoms with Gasteiger partial charge < -0.3 is 14.4 Å². The number of nitrogens with one attached hydrogen (secondary N) is 1. The molecule has 10 nitrogen and oxygen atoms in total. The smallest absolute Gasteiger partial charge is 0.272 e. The van der Waals surface area contributed by atoms with Crippen LogP contribution in [0.25, 0.3) is 22.3 Å². The number of likely N-dealkylation sites (tertiary alicyclic amines) is 1. The van der Waals surface area contributed by atoms with Crippen molar-refractivity contribution in [3.05, 3.63) is 59.3 Å². The lowest BCUT2D eigenvalue weighted by atomic mass is 9.82. The van der Waals surface area contributed by atoms with Crippen LogP contribution < -0.4 is 9.47 Å². The van der Waals surface area contributed by atoms with E-state index in [-0.39, 0.29) is 18.1 Å². The molecule has 0 radical (unpaired) electrons. The van der Waals surface area contributed by atoms with Gasteiger partial charge in [-0.15, -0.1) is 10.2 Å². The summed E-state index contributed by atoms with van der Waals surface area (Å²) >= 11 is 0. The maximum absolute atomic E-state index is 13.5. The summed E-state index contributed by atoms with van der Waals surface area (Å²) in [5.41, 5.74) is 2.88. The molecule has 1 N–H and O–H groups in total. The number of hydrogen-bond acceptors (Lipinski definition) is 8. The number of benzene rings is 2. The second kappa shape index (κ2) is 9.51. The fraction of sp³-hybridized carbons (Fsp3) is 0.357. The number of pyridine rings is 1. The Hall–Kier alpha value is -4.34. The van der Waals surface area contributed by atoms with Gasteiger partial charge >= 0.3 is 0 Å². The number of piperidine rings is 1. The zero-order valence-corrected chi connectivity index (χ0v) is 21.4. The molecule has 194 valence electrons. The van der Waals surface area contributed by atoms with E-state index in [0.29, 0.717) is 66.7 Å². The van der Waals surface area contributed by atoms with E-state index in [0.717, 1.165) is 17.3 Å². The van der Waals surface area contributed by atoms with Crippen molar-refractivity contribution in [2.45, 2.75) is 45.1 Å². The van der Waals surface area contributed by atoms with Crippen LogP contribution in [0.2, 0.25) is 0 Å². The van der Waals surface area contributed by atoms with Gasteiger partial charge in [-0.2, -0.15) is 5.21 Å². The molecule has 0 aliphatic carbocycles. The molecule has 0 unspecified atom stereocenters. The number of carbonyl (C=O) groups excluding carboxylic acids is 2. The van der Waals surface area contributed by atoms with Gasteiger partial charge in [0.1, 0.15) is 22.8 Å². The lowest BCUT2D eigenvalue weighted by Crippen LogP contribution is -2.52. The number of hydrogen-bond donors (Lipinski definition) is 1. The van der Waals surface area contributed by atoms with Crippen molar-refractivity contribution >= 4 is 22.6 Å². The fourth-order valence-corrected chi connectivity index (χ4v) is 5.32. The Balaban J connectivity index is 1.20. The van der Waals surface area contributed by atoms with Crippen LogP contribution in [0.15, 0.2) is 42.5 Å². The summed E-state index contributed by atoms with van der Waals surface area (Å²) in [4.78, 5) is 33.1. The van der Waals surface area contributed by atoms with Gasteiger partial charge in [-0.25, -0.2) is 4.98 Å². The van der Waals surface area contributed by atoms with Gasteiger partial charge in [-0.05, 0) is 54.5 Å². The highest BCUT2D eigenvalue weighted by Crippen LogP contribution is 2.40. The Morgan fingerprint density at radius 2 is 1.97 bits per heavy atom. The van der Waals surface area contributed by atoms with Crippen molar-refractivity contribution in [1.29, 1.82) is 0 Å². The molecule has 4 heterocycles. The van der Waals surface area contributed by atoms with Crippen molar-refractivity contribution in [3.8, 4) is 22.9 Å². The Morgan fingerprint density at radius 1 is 1.13 bits per heavy atom. The molecule has 2 aliphatic rings. The van der Waals surface area contributed by atoms with E-state index in [2.05, 4.69) is 38.6 Å². The van der Waals surface area contributed by atoms with Crippen LogP contribution in [-0.4, -0.2) is 67.5 Å². The summed E-state index contributed by atoms with van der Waals surface area (Å²) in [6.45, 7) is 5.48. The molecule has 10 heteroatoms. The van der Waals surface area contributed by atoms with Gasteiger partial charge in [-0.3, -0.25) is 9.59 Å². The SMILES string of the molecule is CCOc1cc(C(=O)N2CCC3(CC2)CC(=O)c2cc(-c4nn[nH]n4)ccc2O3)nc2ccc(CC)cc12. The number of ketones is 1. The Morgan fingerprint density at radius 3 is 2.71 bits per heavy atom. The Kier molecular flexibility index (Phi) is 6.01.